The van der Waals surface area contributed by atoms with E-state index in [1.54, 1.807) is 23.1 Å². The molecule has 3 aromatic rings. The highest BCUT2D eigenvalue weighted by molar-refractivity contribution is 7.89. The van der Waals surface area contributed by atoms with Crippen LogP contribution in [0.1, 0.15) is 30.0 Å². The molecule has 1 N–H and O–H groups in total. The van der Waals surface area contributed by atoms with Crippen LogP contribution in [0.3, 0.4) is 0 Å². The molecule has 0 radical (unpaired) electrons. The van der Waals surface area contributed by atoms with Crippen LogP contribution in [-0.4, -0.2) is 38.9 Å². The molecule has 0 fully saturated rings. The number of carbonyl (C=O) groups excluding carboxylic acids is 1. The third-order valence-corrected chi connectivity index (χ3v) is 7.32. The van der Waals surface area contributed by atoms with Gasteiger partial charge in [-0.1, -0.05) is 66.9 Å². The molecule has 1 amide bonds. The van der Waals surface area contributed by atoms with E-state index in [-0.39, 0.29) is 23.8 Å². The fourth-order valence-electron chi connectivity index (χ4n) is 3.72. The molecule has 0 heterocycles. The molecule has 0 aliphatic heterocycles. The third kappa shape index (κ3) is 8.64. The van der Waals surface area contributed by atoms with E-state index in [1.165, 1.54) is 12.1 Å². The molecule has 3 rings (SSSR count). The van der Waals surface area contributed by atoms with Gasteiger partial charge in [-0.05, 0) is 54.3 Å². The summed E-state index contributed by atoms with van der Waals surface area (Å²) in [5.41, 5.74) is 2.67. The molecule has 0 atom stereocenters. The van der Waals surface area contributed by atoms with E-state index in [1.807, 2.05) is 49.4 Å². The van der Waals surface area contributed by atoms with Crippen molar-refractivity contribution >= 4 is 27.5 Å². The van der Waals surface area contributed by atoms with Crippen molar-refractivity contribution in [3.05, 3.63) is 94.5 Å². The van der Waals surface area contributed by atoms with E-state index in [9.17, 15) is 13.2 Å². The van der Waals surface area contributed by atoms with Crippen molar-refractivity contribution in [1.29, 1.82) is 0 Å². The number of ether oxygens (including phenoxy) is 1. The first-order chi connectivity index (χ1) is 17.8. The molecule has 0 spiro atoms. The lowest BCUT2D eigenvalue weighted by molar-refractivity contribution is -0.131. The molecule has 0 bridgehead atoms. The molecular formula is C29H31ClN2O4S. The Kier molecular flexibility index (Phi) is 10.6. The Morgan fingerprint density at radius 3 is 2.46 bits per heavy atom. The number of terminal acetylenes is 1. The fourth-order valence-corrected chi connectivity index (χ4v) is 4.85. The number of hydrogen-bond donors (Lipinski definition) is 1. The summed E-state index contributed by atoms with van der Waals surface area (Å²) in [7, 11) is -3.66. The van der Waals surface area contributed by atoms with Gasteiger partial charge in [0, 0.05) is 23.7 Å². The number of halogens is 1. The number of sulfonamides is 1. The molecule has 0 saturated carbocycles. The maximum Gasteiger partial charge on any atom is 0.241 e. The van der Waals surface area contributed by atoms with Gasteiger partial charge in [0.05, 0.1) is 24.5 Å². The smallest absolute Gasteiger partial charge is 0.241 e. The lowest BCUT2D eigenvalue weighted by atomic mass is 10.1. The Bertz CT molecular complexity index is 1320. The van der Waals surface area contributed by atoms with Crippen LogP contribution < -0.4 is 9.46 Å². The summed E-state index contributed by atoms with van der Waals surface area (Å²) in [4.78, 5) is 15.3. The summed E-state index contributed by atoms with van der Waals surface area (Å²) < 4.78 is 32.8. The van der Waals surface area contributed by atoms with Gasteiger partial charge in [0.15, 0.2) is 0 Å². The number of nitrogens with one attached hydrogen (secondary N) is 1. The van der Waals surface area contributed by atoms with Crippen LogP contribution in [0.25, 0.3) is 0 Å². The molecule has 0 aromatic heterocycles. The van der Waals surface area contributed by atoms with Crippen molar-refractivity contribution < 1.29 is 17.9 Å². The van der Waals surface area contributed by atoms with Crippen LogP contribution in [0.5, 0.6) is 5.75 Å². The average molecular weight is 539 g/mol. The van der Waals surface area contributed by atoms with Crippen LogP contribution >= 0.6 is 11.6 Å². The fraction of sp³-hybridized carbons (Fsp3) is 0.276. The molecule has 194 valence electrons. The molecule has 37 heavy (non-hydrogen) atoms. The zero-order chi connectivity index (χ0) is 26.7. The van der Waals surface area contributed by atoms with Crippen molar-refractivity contribution in [2.24, 2.45) is 0 Å². The van der Waals surface area contributed by atoms with Gasteiger partial charge < -0.3 is 9.64 Å². The van der Waals surface area contributed by atoms with Gasteiger partial charge in [0.25, 0.3) is 0 Å². The molecule has 8 heteroatoms. The second-order valence-electron chi connectivity index (χ2n) is 8.50. The number of benzene rings is 3. The number of carbonyl (C=O) groups is 1. The van der Waals surface area contributed by atoms with Crippen molar-refractivity contribution in [1.82, 2.24) is 9.62 Å². The minimum Gasteiger partial charge on any atom is -0.493 e. The lowest BCUT2D eigenvalue weighted by Crippen LogP contribution is -2.34. The number of nitrogens with zero attached hydrogens (tertiary/aromatic N) is 1. The molecule has 0 unspecified atom stereocenters. The van der Waals surface area contributed by atoms with E-state index in [0.717, 1.165) is 23.1 Å². The molecule has 0 saturated heterocycles. The molecular weight excluding hydrogens is 508 g/mol. The van der Waals surface area contributed by atoms with E-state index in [2.05, 4.69) is 10.6 Å². The van der Waals surface area contributed by atoms with Gasteiger partial charge in [-0.25, -0.2) is 8.42 Å². The van der Waals surface area contributed by atoms with Gasteiger partial charge in [-0.2, -0.15) is 4.72 Å². The Morgan fingerprint density at radius 1 is 1.05 bits per heavy atom. The maximum absolute atomic E-state index is 13.4. The standard InChI is InChI=1S/C29H31ClN2O4S/c1-3-17-31-37(34,35)27-13-10-23(11-14-27)16-18-32(29(33)20-24-8-6-5-7-9-24)22-25-21-26(30)12-15-28(25)36-19-4-2/h1,5-15,21,31H,4,16-20,22H2,2H3. The minimum atomic E-state index is -3.66. The first-order valence-corrected chi connectivity index (χ1v) is 13.9. The summed E-state index contributed by atoms with van der Waals surface area (Å²) in [6.07, 6.45) is 6.83. The van der Waals surface area contributed by atoms with Crippen LogP contribution in [0.4, 0.5) is 0 Å². The topological polar surface area (TPSA) is 75.7 Å². The number of amides is 1. The highest BCUT2D eigenvalue weighted by Gasteiger charge is 2.18. The summed E-state index contributed by atoms with van der Waals surface area (Å²) >= 11 is 6.28. The predicted molar refractivity (Wildman–Crippen MR) is 147 cm³/mol. The highest BCUT2D eigenvalue weighted by atomic mass is 35.5. The van der Waals surface area contributed by atoms with Crippen LogP contribution in [0.15, 0.2) is 77.7 Å². The largest absolute Gasteiger partial charge is 0.493 e. The van der Waals surface area contributed by atoms with Crippen LogP contribution in [0.2, 0.25) is 5.02 Å². The zero-order valence-corrected chi connectivity index (χ0v) is 22.4. The Balaban J connectivity index is 1.79. The Labute approximate surface area is 224 Å². The summed E-state index contributed by atoms with van der Waals surface area (Å²) in [6.45, 7) is 3.31. The summed E-state index contributed by atoms with van der Waals surface area (Å²) in [5.74, 6) is 2.94. The first-order valence-electron chi connectivity index (χ1n) is 12.1. The van der Waals surface area contributed by atoms with E-state index in [0.29, 0.717) is 36.9 Å². The molecule has 3 aromatic carbocycles. The van der Waals surface area contributed by atoms with Crippen LogP contribution in [-0.2, 0) is 34.2 Å². The number of hydrogen-bond acceptors (Lipinski definition) is 4. The Morgan fingerprint density at radius 2 is 1.78 bits per heavy atom. The second kappa shape index (κ2) is 13.8. The first kappa shape index (κ1) is 28.3. The van der Waals surface area contributed by atoms with Gasteiger partial charge in [-0.3, -0.25) is 4.79 Å². The summed E-state index contributed by atoms with van der Waals surface area (Å²) in [5, 5.41) is 0.574. The van der Waals surface area contributed by atoms with Gasteiger partial charge in [0.2, 0.25) is 15.9 Å². The number of rotatable bonds is 13. The SMILES string of the molecule is C#CCNS(=O)(=O)c1ccc(CCN(Cc2cc(Cl)ccc2OCCC)C(=O)Cc2ccccc2)cc1. The normalized spacial score (nSPS) is 11.1. The predicted octanol–water partition coefficient (Wildman–Crippen LogP) is 4.85. The Hall–Kier alpha value is -3.31. The summed E-state index contributed by atoms with van der Waals surface area (Å²) in [6, 6.07) is 21.6. The molecule has 0 aliphatic carbocycles. The van der Waals surface area contributed by atoms with Gasteiger partial charge in [0.1, 0.15) is 5.75 Å². The maximum atomic E-state index is 13.4. The average Bonchev–Trinajstić information content (AvgIpc) is 2.90. The second-order valence-corrected chi connectivity index (χ2v) is 10.7. The quantitative estimate of drug-likeness (QED) is 0.315. The van der Waals surface area contributed by atoms with Crippen molar-refractivity contribution in [3.63, 3.8) is 0 Å². The molecule has 6 nitrogen and oxygen atoms in total. The lowest BCUT2D eigenvalue weighted by Gasteiger charge is -2.24. The van der Waals surface area contributed by atoms with Gasteiger partial charge in [-0.15, -0.1) is 6.42 Å². The van der Waals surface area contributed by atoms with Crippen LogP contribution in [0, 0.1) is 12.3 Å². The third-order valence-electron chi connectivity index (χ3n) is 5.66. The van der Waals surface area contributed by atoms with Crippen molar-refractivity contribution in [3.8, 4) is 18.1 Å². The van der Waals surface area contributed by atoms with Gasteiger partial charge >= 0.3 is 0 Å². The minimum absolute atomic E-state index is 0.0229. The van der Waals surface area contributed by atoms with E-state index >= 15 is 0 Å². The van der Waals surface area contributed by atoms with Crippen molar-refractivity contribution in [2.45, 2.75) is 37.6 Å². The molecule has 0 aliphatic rings. The highest BCUT2D eigenvalue weighted by Crippen LogP contribution is 2.25. The van der Waals surface area contributed by atoms with Crippen molar-refractivity contribution in [2.75, 3.05) is 19.7 Å². The zero-order valence-electron chi connectivity index (χ0n) is 20.8. The van der Waals surface area contributed by atoms with E-state index < -0.39 is 10.0 Å². The van der Waals surface area contributed by atoms with E-state index in [4.69, 9.17) is 22.8 Å². The monoisotopic (exact) mass is 538 g/mol.